The molecule has 1 N–H and O–H groups in total. The van der Waals surface area contributed by atoms with Gasteiger partial charge >= 0.3 is 5.97 Å². The Bertz CT molecular complexity index is 1060. The van der Waals surface area contributed by atoms with Crippen molar-refractivity contribution in [1.82, 2.24) is 4.98 Å². The van der Waals surface area contributed by atoms with Crippen molar-refractivity contribution in [2.75, 3.05) is 0 Å². The van der Waals surface area contributed by atoms with Crippen LogP contribution in [0.1, 0.15) is 55.9 Å². The topological polar surface area (TPSA) is 76.2 Å². The number of para-hydroxylation sites is 1. The van der Waals surface area contributed by atoms with Gasteiger partial charge in [-0.05, 0) is 39.8 Å². The highest BCUT2D eigenvalue weighted by molar-refractivity contribution is 7.12. The zero-order valence-electron chi connectivity index (χ0n) is 16.4. The molecule has 0 spiro atoms. The van der Waals surface area contributed by atoms with Gasteiger partial charge in [0, 0.05) is 43.9 Å². The van der Waals surface area contributed by atoms with Crippen LogP contribution in [0, 0.1) is 20.8 Å². The molecule has 5 nitrogen and oxygen atoms in total. The quantitative estimate of drug-likeness (QED) is 0.453. The molecule has 0 radical (unpaired) electrons. The minimum Gasteiger partial charge on any atom is -0.454 e. The number of nitrogens with one attached hydrogen (secondary N) is 1. The van der Waals surface area contributed by atoms with E-state index < -0.39 is 12.1 Å². The smallest absolute Gasteiger partial charge is 0.306 e. The number of carbonyl (C=O) groups excluding carboxylic acids is 3. The number of benzene rings is 1. The normalized spacial score (nSPS) is 12.1. The summed E-state index contributed by atoms with van der Waals surface area (Å²) in [6.07, 6.45) is -0.883. The van der Waals surface area contributed by atoms with Crippen molar-refractivity contribution in [3.8, 4) is 0 Å². The molecule has 2 heterocycles. The highest BCUT2D eigenvalue weighted by Crippen LogP contribution is 2.24. The minimum absolute atomic E-state index is 0.0440. The maximum Gasteiger partial charge on any atom is 0.306 e. The highest BCUT2D eigenvalue weighted by atomic mass is 32.1. The zero-order valence-corrected chi connectivity index (χ0v) is 17.2. The van der Waals surface area contributed by atoms with Crippen molar-refractivity contribution in [2.45, 2.75) is 46.6 Å². The van der Waals surface area contributed by atoms with Gasteiger partial charge in [0.1, 0.15) is 0 Å². The molecule has 0 unspecified atom stereocenters. The van der Waals surface area contributed by atoms with Crippen molar-refractivity contribution >= 4 is 39.8 Å². The van der Waals surface area contributed by atoms with Gasteiger partial charge in [0.25, 0.3) is 0 Å². The molecule has 0 saturated heterocycles. The lowest BCUT2D eigenvalue weighted by atomic mass is 10.0. The van der Waals surface area contributed by atoms with Crippen LogP contribution in [0.5, 0.6) is 0 Å². The number of H-pyrrole nitrogens is 1. The third kappa shape index (κ3) is 4.07. The Labute approximate surface area is 167 Å². The number of hydrogen-bond acceptors (Lipinski definition) is 5. The Morgan fingerprint density at radius 2 is 1.82 bits per heavy atom. The maximum absolute atomic E-state index is 12.8. The third-order valence-corrected chi connectivity index (χ3v) is 5.68. The summed E-state index contributed by atoms with van der Waals surface area (Å²) in [6, 6.07) is 9.37. The maximum atomic E-state index is 12.8. The van der Waals surface area contributed by atoms with Crippen LogP contribution >= 0.6 is 11.3 Å². The molecule has 6 heteroatoms. The standard InChI is InChI=1S/C22H23NO4S/c1-12-11-17(15(4)28-12)19(24)9-10-20(25)27-14(3)22(26)21-13(2)23-18-8-6-5-7-16(18)21/h5-8,11,14,23H,9-10H2,1-4H3/t14-/m0/s1. The second-order valence-electron chi connectivity index (χ2n) is 6.92. The van der Waals surface area contributed by atoms with E-state index in [1.54, 1.807) is 18.3 Å². The first kappa shape index (κ1) is 20.0. The summed E-state index contributed by atoms with van der Waals surface area (Å²) < 4.78 is 5.31. The van der Waals surface area contributed by atoms with Crippen molar-refractivity contribution in [1.29, 1.82) is 0 Å². The van der Waals surface area contributed by atoms with E-state index in [9.17, 15) is 14.4 Å². The fourth-order valence-corrected chi connectivity index (χ4v) is 4.31. The SMILES string of the molecule is Cc1cc(C(=O)CCC(=O)O[C@@H](C)C(=O)c2c(C)[nH]c3ccccc23)c(C)s1. The molecular weight excluding hydrogens is 374 g/mol. The van der Waals surface area contributed by atoms with E-state index >= 15 is 0 Å². The second kappa shape index (κ2) is 8.10. The average Bonchev–Trinajstić information content (AvgIpc) is 3.16. The summed E-state index contributed by atoms with van der Waals surface area (Å²) in [7, 11) is 0. The monoisotopic (exact) mass is 397 g/mol. The van der Waals surface area contributed by atoms with E-state index in [0.29, 0.717) is 11.1 Å². The van der Waals surface area contributed by atoms with Gasteiger partial charge < -0.3 is 9.72 Å². The lowest BCUT2D eigenvalue weighted by molar-refractivity contribution is -0.146. The molecule has 3 rings (SSSR count). The first-order valence-corrected chi connectivity index (χ1v) is 10.0. The molecule has 1 atom stereocenters. The number of carbonyl (C=O) groups is 3. The Morgan fingerprint density at radius 1 is 1.11 bits per heavy atom. The molecule has 0 aliphatic heterocycles. The van der Waals surface area contributed by atoms with Gasteiger partial charge in [0.05, 0.1) is 6.42 Å². The van der Waals surface area contributed by atoms with E-state index in [4.69, 9.17) is 4.74 Å². The Morgan fingerprint density at radius 3 is 2.50 bits per heavy atom. The van der Waals surface area contributed by atoms with Gasteiger partial charge in [-0.1, -0.05) is 18.2 Å². The van der Waals surface area contributed by atoms with Crippen LogP contribution in [-0.2, 0) is 9.53 Å². The lowest BCUT2D eigenvalue weighted by Gasteiger charge is -2.12. The minimum atomic E-state index is -0.911. The van der Waals surface area contributed by atoms with E-state index in [1.165, 1.54) is 0 Å². The summed E-state index contributed by atoms with van der Waals surface area (Å²) in [6.45, 7) is 7.23. The zero-order chi connectivity index (χ0) is 20.4. The number of fused-ring (bicyclic) bond motifs is 1. The van der Waals surface area contributed by atoms with Gasteiger partial charge in [-0.15, -0.1) is 11.3 Å². The average molecular weight is 397 g/mol. The van der Waals surface area contributed by atoms with E-state index in [2.05, 4.69) is 4.98 Å². The summed E-state index contributed by atoms with van der Waals surface area (Å²) in [4.78, 5) is 42.5. The van der Waals surface area contributed by atoms with E-state index in [-0.39, 0.29) is 24.4 Å². The number of ether oxygens (including phenoxy) is 1. The Hall–Kier alpha value is -2.73. The fraction of sp³-hybridized carbons (Fsp3) is 0.318. The number of esters is 1. The molecule has 0 amide bonds. The number of aryl methyl sites for hydroxylation is 3. The summed E-state index contributed by atoms with van der Waals surface area (Å²) in [5.41, 5.74) is 2.81. The van der Waals surface area contributed by atoms with Gasteiger partial charge in [-0.2, -0.15) is 0 Å². The van der Waals surface area contributed by atoms with Crippen molar-refractivity contribution in [2.24, 2.45) is 0 Å². The number of rotatable bonds is 7. The molecule has 0 aliphatic rings. The summed E-state index contributed by atoms with van der Waals surface area (Å²) in [5.74, 6) is -0.875. The van der Waals surface area contributed by atoms with Crippen LogP contribution in [0.15, 0.2) is 30.3 Å². The molecule has 146 valence electrons. The van der Waals surface area contributed by atoms with E-state index in [1.807, 2.05) is 51.1 Å². The largest absolute Gasteiger partial charge is 0.454 e. The Balaban J connectivity index is 1.62. The summed E-state index contributed by atoms with van der Waals surface area (Å²) >= 11 is 1.56. The predicted molar refractivity (Wildman–Crippen MR) is 110 cm³/mol. The highest BCUT2D eigenvalue weighted by Gasteiger charge is 2.24. The molecule has 3 aromatic rings. The first-order valence-electron chi connectivity index (χ1n) is 9.19. The molecule has 1 aromatic carbocycles. The fourth-order valence-electron chi connectivity index (χ4n) is 3.36. The number of hydrogen-bond donors (Lipinski definition) is 1. The molecule has 0 bridgehead atoms. The van der Waals surface area contributed by atoms with Crippen LogP contribution < -0.4 is 0 Å². The summed E-state index contributed by atoms with van der Waals surface area (Å²) in [5, 5.41) is 0.811. The van der Waals surface area contributed by atoms with Crippen molar-refractivity contribution < 1.29 is 19.1 Å². The predicted octanol–water partition coefficient (Wildman–Crippen LogP) is 4.93. The lowest BCUT2D eigenvalue weighted by Crippen LogP contribution is -2.25. The molecule has 0 fully saturated rings. The number of aromatic amines is 1. The van der Waals surface area contributed by atoms with Crippen LogP contribution in [-0.4, -0.2) is 28.6 Å². The number of Topliss-reactive ketones (excluding diaryl/α,β-unsaturated/α-hetero) is 2. The molecule has 0 saturated carbocycles. The van der Waals surface area contributed by atoms with Gasteiger partial charge in [0.15, 0.2) is 11.9 Å². The van der Waals surface area contributed by atoms with Crippen LogP contribution in [0.3, 0.4) is 0 Å². The van der Waals surface area contributed by atoms with Gasteiger partial charge in [-0.3, -0.25) is 14.4 Å². The third-order valence-electron chi connectivity index (χ3n) is 4.71. The molecule has 28 heavy (non-hydrogen) atoms. The second-order valence-corrected chi connectivity index (χ2v) is 8.38. The number of thiophene rings is 1. The number of ketones is 2. The van der Waals surface area contributed by atoms with Crippen LogP contribution in [0.2, 0.25) is 0 Å². The Kier molecular flexibility index (Phi) is 5.79. The molecule has 2 aromatic heterocycles. The molecule has 0 aliphatic carbocycles. The van der Waals surface area contributed by atoms with E-state index in [0.717, 1.165) is 26.4 Å². The van der Waals surface area contributed by atoms with Gasteiger partial charge in [-0.25, -0.2) is 0 Å². The van der Waals surface area contributed by atoms with Crippen LogP contribution in [0.25, 0.3) is 10.9 Å². The van der Waals surface area contributed by atoms with Gasteiger partial charge in [0.2, 0.25) is 5.78 Å². The first-order chi connectivity index (χ1) is 13.3. The van der Waals surface area contributed by atoms with Crippen molar-refractivity contribution in [3.05, 3.63) is 56.9 Å². The van der Waals surface area contributed by atoms with Crippen molar-refractivity contribution in [3.63, 3.8) is 0 Å². The van der Waals surface area contributed by atoms with Crippen LogP contribution in [0.4, 0.5) is 0 Å². The molecular formula is C22H23NO4S. The number of aromatic nitrogens is 1.